The molecule has 1 aromatic rings. The van der Waals surface area contributed by atoms with Crippen molar-refractivity contribution in [2.75, 3.05) is 19.6 Å². The second kappa shape index (κ2) is 5.68. The quantitative estimate of drug-likeness (QED) is 0.731. The van der Waals surface area contributed by atoms with E-state index in [9.17, 15) is 4.79 Å². The van der Waals surface area contributed by atoms with Crippen molar-refractivity contribution in [1.29, 1.82) is 0 Å². The molecule has 1 saturated heterocycles. The fourth-order valence-corrected chi connectivity index (χ4v) is 2.07. The van der Waals surface area contributed by atoms with Gasteiger partial charge in [-0.25, -0.2) is 0 Å². The average Bonchev–Trinajstić information content (AvgIpc) is 2.83. The molecule has 0 radical (unpaired) electrons. The number of rotatable bonds is 4. The van der Waals surface area contributed by atoms with Crippen LogP contribution in [0.5, 0.6) is 5.75 Å². The zero-order chi connectivity index (χ0) is 12.1. The SMILES string of the molecule is O=C(NCCC1CCNC1)c1ccc(O)cc1. The first-order chi connectivity index (χ1) is 8.25. The lowest BCUT2D eigenvalue weighted by atomic mass is 10.1. The Morgan fingerprint density at radius 3 is 2.82 bits per heavy atom. The van der Waals surface area contributed by atoms with E-state index in [1.807, 2.05) is 0 Å². The zero-order valence-electron chi connectivity index (χ0n) is 9.78. The van der Waals surface area contributed by atoms with E-state index in [1.54, 1.807) is 12.1 Å². The number of carbonyl (C=O) groups excluding carboxylic acids is 1. The van der Waals surface area contributed by atoms with Crippen molar-refractivity contribution in [2.45, 2.75) is 12.8 Å². The molecule has 1 heterocycles. The van der Waals surface area contributed by atoms with E-state index in [0.717, 1.165) is 19.5 Å². The highest BCUT2D eigenvalue weighted by Gasteiger charge is 2.14. The first-order valence-corrected chi connectivity index (χ1v) is 6.03. The molecule has 2 rings (SSSR count). The molecule has 1 aromatic carbocycles. The largest absolute Gasteiger partial charge is 0.508 e. The van der Waals surface area contributed by atoms with Gasteiger partial charge in [-0.3, -0.25) is 4.79 Å². The number of hydrogen-bond donors (Lipinski definition) is 3. The summed E-state index contributed by atoms with van der Waals surface area (Å²) < 4.78 is 0. The first kappa shape index (κ1) is 11.9. The van der Waals surface area contributed by atoms with Gasteiger partial charge < -0.3 is 15.7 Å². The van der Waals surface area contributed by atoms with Crippen LogP contribution in [0.25, 0.3) is 0 Å². The maximum atomic E-state index is 11.7. The van der Waals surface area contributed by atoms with Crippen LogP contribution in [0, 0.1) is 5.92 Å². The summed E-state index contributed by atoms with van der Waals surface area (Å²) in [5, 5.41) is 15.3. The highest BCUT2D eigenvalue weighted by Crippen LogP contribution is 2.12. The lowest BCUT2D eigenvalue weighted by molar-refractivity contribution is 0.0951. The molecule has 4 heteroatoms. The number of benzene rings is 1. The minimum atomic E-state index is -0.0732. The molecule has 92 valence electrons. The normalized spacial score (nSPS) is 19.2. The maximum absolute atomic E-state index is 11.7. The maximum Gasteiger partial charge on any atom is 0.251 e. The van der Waals surface area contributed by atoms with Gasteiger partial charge in [0.25, 0.3) is 5.91 Å². The van der Waals surface area contributed by atoms with Crippen LogP contribution in [0.15, 0.2) is 24.3 Å². The number of phenols is 1. The van der Waals surface area contributed by atoms with Crippen molar-refractivity contribution in [2.24, 2.45) is 5.92 Å². The smallest absolute Gasteiger partial charge is 0.251 e. The Kier molecular flexibility index (Phi) is 3.98. The second-order valence-corrected chi connectivity index (χ2v) is 4.45. The van der Waals surface area contributed by atoms with Crippen LogP contribution in [0.4, 0.5) is 0 Å². The van der Waals surface area contributed by atoms with Gasteiger partial charge in [0.1, 0.15) is 5.75 Å². The lowest BCUT2D eigenvalue weighted by Gasteiger charge is -2.09. The molecule has 0 bridgehead atoms. The molecule has 17 heavy (non-hydrogen) atoms. The van der Waals surface area contributed by atoms with Gasteiger partial charge in [-0.05, 0) is 56.1 Å². The minimum Gasteiger partial charge on any atom is -0.508 e. The van der Waals surface area contributed by atoms with Crippen LogP contribution in [0.3, 0.4) is 0 Å². The summed E-state index contributed by atoms with van der Waals surface area (Å²) in [6, 6.07) is 6.30. The molecule has 1 atom stereocenters. The van der Waals surface area contributed by atoms with Gasteiger partial charge >= 0.3 is 0 Å². The summed E-state index contributed by atoms with van der Waals surface area (Å²) in [4.78, 5) is 11.7. The van der Waals surface area contributed by atoms with Crippen LogP contribution >= 0.6 is 0 Å². The average molecular weight is 234 g/mol. The van der Waals surface area contributed by atoms with E-state index in [1.165, 1.54) is 18.6 Å². The predicted molar refractivity (Wildman–Crippen MR) is 66.0 cm³/mol. The van der Waals surface area contributed by atoms with Crippen molar-refractivity contribution < 1.29 is 9.90 Å². The first-order valence-electron chi connectivity index (χ1n) is 6.03. The van der Waals surface area contributed by atoms with E-state index in [4.69, 9.17) is 5.11 Å². The van der Waals surface area contributed by atoms with E-state index >= 15 is 0 Å². The lowest BCUT2D eigenvalue weighted by Crippen LogP contribution is -2.26. The molecule has 0 aromatic heterocycles. The van der Waals surface area contributed by atoms with Gasteiger partial charge in [0.05, 0.1) is 0 Å². The van der Waals surface area contributed by atoms with Crippen LogP contribution in [-0.4, -0.2) is 30.6 Å². The van der Waals surface area contributed by atoms with Crippen molar-refractivity contribution in [1.82, 2.24) is 10.6 Å². The molecule has 0 aliphatic carbocycles. The van der Waals surface area contributed by atoms with E-state index in [0.29, 0.717) is 18.0 Å². The molecule has 1 aliphatic heterocycles. The Morgan fingerprint density at radius 1 is 1.41 bits per heavy atom. The van der Waals surface area contributed by atoms with Crippen LogP contribution in [0.1, 0.15) is 23.2 Å². The van der Waals surface area contributed by atoms with Gasteiger partial charge in [-0.15, -0.1) is 0 Å². The third kappa shape index (κ3) is 3.46. The van der Waals surface area contributed by atoms with Gasteiger partial charge in [0.15, 0.2) is 0 Å². The summed E-state index contributed by atoms with van der Waals surface area (Å²) in [6.07, 6.45) is 2.23. The number of hydrogen-bond acceptors (Lipinski definition) is 3. The minimum absolute atomic E-state index is 0.0732. The van der Waals surface area contributed by atoms with Gasteiger partial charge in [-0.1, -0.05) is 0 Å². The molecule has 1 fully saturated rings. The summed E-state index contributed by atoms with van der Waals surface area (Å²) in [7, 11) is 0. The van der Waals surface area contributed by atoms with Crippen LogP contribution in [-0.2, 0) is 0 Å². The summed E-state index contributed by atoms with van der Waals surface area (Å²) in [5.74, 6) is 0.796. The Bertz CT molecular complexity index is 370. The molecule has 1 amide bonds. The predicted octanol–water partition coefficient (Wildman–Crippen LogP) is 1.12. The Morgan fingerprint density at radius 2 is 2.18 bits per heavy atom. The fourth-order valence-electron chi connectivity index (χ4n) is 2.07. The fraction of sp³-hybridized carbons (Fsp3) is 0.462. The van der Waals surface area contributed by atoms with Gasteiger partial charge in [0, 0.05) is 12.1 Å². The van der Waals surface area contributed by atoms with Gasteiger partial charge in [0.2, 0.25) is 0 Å². The van der Waals surface area contributed by atoms with Crippen molar-refractivity contribution >= 4 is 5.91 Å². The highest BCUT2D eigenvalue weighted by atomic mass is 16.3. The molecule has 0 saturated carbocycles. The third-order valence-corrected chi connectivity index (χ3v) is 3.13. The Balaban J connectivity index is 1.75. The Hall–Kier alpha value is -1.55. The van der Waals surface area contributed by atoms with Crippen molar-refractivity contribution in [3.05, 3.63) is 29.8 Å². The standard InChI is InChI=1S/C13H18N2O2/c16-12-3-1-11(2-4-12)13(17)15-8-6-10-5-7-14-9-10/h1-4,10,14,16H,5-9H2,(H,15,17). The van der Waals surface area contributed by atoms with Crippen molar-refractivity contribution in [3.8, 4) is 5.75 Å². The van der Waals surface area contributed by atoms with E-state index in [2.05, 4.69) is 10.6 Å². The molecular weight excluding hydrogens is 216 g/mol. The Labute approximate surface area is 101 Å². The number of carbonyl (C=O) groups is 1. The third-order valence-electron chi connectivity index (χ3n) is 3.13. The summed E-state index contributed by atoms with van der Waals surface area (Å²) >= 11 is 0. The molecule has 1 unspecified atom stereocenters. The second-order valence-electron chi connectivity index (χ2n) is 4.45. The van der Waals surface area contributed by atoms with Gasteiger partial charge in [-0.2, -0.15) is 0 Å². The molecular formula is C13H18N2O2. The van der Waals surface area contributed by atoms with E-state index in [-0.39, 0.29) is 11.7 Å². The number of nitrogens with one attached hydrogen (secondary N) is 2. The zero-order valence-corrected chi connectivity index (χ0v) is 9.78. The molecule has 4 nitrogen and oxygen atoms in total. The van der Waals surface area contributed by atoms with Crippen molar-refractivity contribution in [3.63, 3.8) is 0 Å². The monoisotopic (exact) mass is 234 g/mol. The highest BCUT2D eigenvalue weighted by molar-refractivity contribution is 5.94. The van der Waals surface area contributed by atoms with Crippen LogP contribution < -0.4 is 10.6 Å². The topological polar surface area (TPSA) is 61.4 Å². The number of amides is 1. The summed E-state index contributed by atoms with van der Waals surface area (Å²) in [6.45, 7) is 2.87. The van der Waals surface area contributed by atoms with Crippen LogP contribution in [0.2, 0.25) is 0 Å². The molecule has 0 spiro atoms. The molecule has 1 aliphatic rings. The summed E-state index contributed by atoms with van der Waals surface area (Å²) in [5.41, 5.74) is 0.590. The number of phenolic OH excluding ortho intramolecular Hbond substituents is 1. The number of aromatic hydroxyl groups is 1. The van der Waals surface area contributed by atoms with E-state index < -0.39 is 0 Å². The molecule has 3 N–H and O–H groups in total.